The summed E-state index contributed by atoms with van der Waals surface area (Å²) in [7, 11) is 0. The molecule has 3 rings (SSSR count). The van der Waals surface area contributed by atoms with E-state index in [-0.39, 0.29) is 11.5 Å². The fraction of sp³-hybridized carbons (Fsp3) is 0.476. The van der Waals surface area contributed by atoms with E-state index in [2.05, 4.69) is 47.8 Å². The summed E-state index contributed by atoms with van der Waals surface area (Å²) in [5.74, 6) is 2.71. The molecule has 2 aromatic heterocycles. The van der Waals surface area contributed by atoms with Gasteiger partial charge in [-0.2, -0.15) is 0 Å². The number of rotatable bonds is 6. The molecule has 0 saturated heterocycles. The van der Waals surface area contributed by atoms with Gasteiger partial charge in [0.25, 0.3) is 0 Å². The third-order valence-corrected chi connectivity index (χ3v) is 5.01. The summed E-state index contributed by atoms with van der Waals surface area (Å²) in [5, 5.41) is 9.17. The average molecular weight is 403 g/mol. The van der Waals surface area contributed by atoms with Crippen molar-refractivity contribution in [3.8, 4) is 0 Å². The second-order valence-corrected chi connectivity index (χ2v) is 8.57. The highest BCUT2D eigenvalue weighted by atomic mass is 35.5. The molecule has 0 bridgehead atoms. The normalized spacial score (nSPS) is 13.3. The summed E-state index contributed by atoms with van der Waals surface area (Å²) in [4.78, 5) is 6.73. The fourth-order valence-electron chi connectivity index (χ4n) is 2.86. The zero-order valence-electron chi connectivity index (χ0n) is 17.3. The molecule has 1 aromatic carbocycles. The molecule has 0 spiro atoms. The van der Waals surface area contributed by atoms with Crippen LogP contribution < -0.4 is 0 Å². The summed E-state index contributed by atoms with van der Waals surface area (Å²) < 4.78 is 11.7. The Hall–Kier alpha value is -2.18. The van der Waals surface area contributed by atoms with Crippen LogP contribution in [0.2, 0.25) is 5.02 Å². The molecule has 0 aliphatic carbocycles. The van der Waals surface area contributed by atoms with E-state index in [0.29, 0.717) is 35.8 Å². The molecule has 0 aliphatic rings. The Kier molecular flexibility index (Phi) is 5.91. The lowest BCUT2D eigenvalue weighted by molar-refractivity contribution is 0.154. The number of oxazole rings is 1. The van der Waals surface area contributed by atoms with E-state index in [1.165, 1.54) is 0 Å². The summed E-state index contributed by atoms with van der Waals surface area (Å²) in [6, 6.07) is 7.93. The first-order valence-corrected chi connectivity index (χ1v) is 9.76. The van der Waals surface area contributed by atoms with Crippen LogP contribution in [0.5, 0.6) is 0 Å². The highest BCUT2D eigenvalue weighted by Gasteiger charge is 2.25. The van der Waals surface area contributed by atoms with Gasteiger partial charge in [0.2, 0.25) is 17.7 Å². The Bertz CT molecular complexity index is 905. The van der Waals surface area contributed by atoms with Crippen LogP contribution in [0.15, 0.2) is 33.1 Å². The maximum atomic E-state index is 6.05. The molecule has 7 heteroatoms. The van der Waals surface area contributed by atoms with Gasteiger partial charge in [0.15, 0.2) is 0 Å². The summed E-state index contributed by atoms with van der Waals surface area (Å²) in [6.07, 6.45) is 0. The van der Waals surface area contributed by atoms with Gasteiger partial charge in [-0.1, -0.05) is 44.5 Å². The molecule has 6 nitrogen and oxygen atoms in total. The van der Waals surface area contributed by atoms with Crippen molar-refractivity contribution in [2.24, 2.45) is 0 Å². The number of hydrogen-bond donors (Lipinski definition) is 0. The van der Waals surface area contributed by atoms with E-state index in [1.54, 1.807) is 0 Å². The van der Waals surface area contributed by atoms with Gasteiger partial charge < -0.3 is 8.83 Å². The molecule has 3 aromatic rings. The van der Waals surface area contributed by atoms with Crippen molar-refractivity contribution in [2.45, 2.75) is 66.1 Å². The zero-order valence-corrected chi connectivity index (χ0v) is 18.0. The molecule has 0 aliphatic heterocycles. The standard InChI is InChI=1S/C21H27ClN4O2/c1-13-15(3)27-18(23-13)11-26(14(2)16-7-9-17(22)10-8-16)12-19-24-25-20(28-19)21(4,5)6/h7-10,14H,11-12H2,1-6H3. The van der Waals surface area contributed by atoms with Gasteiger partial charge in [0.1, 0.15) is 5.76 Å². The molecule has 1 atom stereocenters. The number of benzene rings is 1. The van der Waals surface area contributed by atoms with E-state index in [0.717, 1.165) is 17.0 Å². The minimum atomic E-state index is -0.186. The lowest BCUT2D eigenvalue weighted by Gasteiger charge is -2.27. The number of hydrogen-bond acceptors (Lipinski definition) is 6. The second-order valence-electron chi connectivity index (χ2n) is 8.13. The minimum absolute atomic E-state index is 0.0785. The van der Waals surface area contributed by atoms with Crippen molar-refractivity contribution in [2.75, 3.05) is 0 Å². The van der Waals surface area contributed by atoms with Crippen LogP contribution in [-0.4, -0.2) is 20.1 Å². The molecule has 0 N–H and O–H groups in total. The first kappa shape index (κ1) is 20.6. The lowest BCUT2D eigenvalue weighted by Crippen LogP contribution is -2.26. The van der Waals surface area contributed by atoms with Crippen molar-refractivity contribution in [1.82, 2.24) is 20.1 Å². The molecule has 0 radical (unpaired) electrons. The van der Waals surface area contributed by atoms with Crippen LogP contribution in [0.25, 0.3) is 0 Å². The van der Waals surface area contributed by atoms with E-state index >= 15 is 0 Å². The highest BCUT2D eigenvalue weighted by molar-refractivity contribution is 6.30. The Labute approximate surface area is 170 Å². The molecular weight excluding hydrogens is 376 g/mol. The molecule has 0 fully saturated rings. The summed E-state index contributed by atoms with van der Waals surface area (Å²) >= 11 is 6.05. The minimum Gasteiger partial charge on any atom is -0.444 e. The molecule has 1 unspecified atom stereocenters. The maximum absolute atomic E-state index is 6.05. The van der Waals surface area contributed by atoms with Gasteiger partial charge in [0.05, 0.1) is 18.8 Å². The summed E-state index contributed by atoms with van der Waals surface area (Å²) in [5.41, 5.74) is 1.86. The smallest absolute Gasteiger partial charge is 0.230 e. The van der Waals surface area contributed by atoms with Crippen molar-refractivity contribution >= 4 is 11.6 Å². The van der Waals surface area contributed by atoms with Crippen molar-refractivity contribution in [1.29, 1.82) is 0 Å². The van der Waals surface area contributed by atoms with E-state index in [4.69, 9.17) is 20.4 Å². The van der Waals surface area contributed by atoms with Gasteiger partial charge in [-0.15, -0.1) is 10.2 Å². The van der Waals surface area contributed by atoms with Crippen LogP contribution in [-0.2, 0) is 18.5 Å². The van der Waals surface area contributed by atoms with Crippen LogP contribution >= 0.6 is 11.6 Å². The first-order valence-electron chi connectivity index (χ1n) is 9.39. The Morgan fingerprint density at radius 1 is 1.00 bits per heavy atom. The Morgan fingerprint density at radius 2 is 1.64 bits per heavy atom. The third-order valence-electron chi connectivity index (χ3n) is 4.76. The predicted molar refractivity (Wildman–Crippen MR) is 108 cm³/mol. The topological polar surface area (TPSA) is 68.2 Å². The maximum Gasteiger partial charge on any atom is 0.230 e. The monoisotopic (exact) mass is 402 g/mol. The average Bonchev–Trinajstić information content (AvgIpc) is 3.21. The highest BCUT2D eigenvalue weighted by Crippen LogP contribution is 2.27. The van der Waals surface area contributed by atoms with Gasteiger partial charge in [-0.25, -0.2) is 4.98 Å². The van der Waals surface area contributed by atoms with E-state index < -0.39 is 0 Å². The van der Waals surface area contributed by atoms with Gasteiger partial charge in [-0.05, 0) is 38.5 Å². The largest absolute Gasteiger partial charge is 0.444 e. The molecule has 0 amide bonds. The van der Waals surface area contributed by atoms with Crippen molar-refractivity contribution < 1.29 is 8.83 Å². The first-order chi connectivity index (χ1) is 13.1. The molecule has 2 heterocycles. The molecule has 28 heavy (non-hydrogen) atoms. The third kappa shape index (κ3) is 4.80. The van der Waals surface area contributed by atoms with E-state index in [9.17, 15) is 0 Å². The van der Waals surface area contributed by atoms with Gasteiger partial charge in [0, 0.05) is 16.5 Å². The SMILES string of the molecule is Cc1nc(CN(Cc2nnc(C(C)(C)C)o2)C(C)c2ccc(Cl)cc2)oc1C. The second kappa shape index (κ2) is 8.05. The summed E-state index contributed by atoms with van der Waals surface area (Å²) in [6.45, 7) is 13.2. The van der Waals surface area contributed by atoms with Crippen LogP contribution in [0, 0.1) is 13.8 Å². The van der Waals surface area contributed by atoms with Crippen molar-refractivity contribution in [3.05, 3.63) is 64.0 Å². The van der Waals surface area contributed by atoms with Crippen LogP contribution in [0.4, 0.5) is 0 Å². The van der Waals surface area contributed by atoms with E-state index in [1.807, 2.05) is 38.1 Å². The quantitative estimate of drug-likeness (QED) is 0.550. The predicted octanol–water partition coefficient (Wildman–Crippen LogP) is 5.39. The number of halogens is 1. The van der Waals surface area contributed by atoms with Gasteiger partial charge >= 0.3 is 0 Å². The molecule has 0 saturated carbocycles. The Morgan fingerprint density at radius 3 is 2.18 bits per heavy atom. The number of nitrogens with zero attached hydrogens (tertiary/aromatic N) is 4. The number of aromatic nitrogens is 3. The zero-order chi connectivity index (χ0) is 20.5. The van der Waals surface area contributed by atoms with Crippen LogP contribution in [0.1, 0.15) is 68.4 Å². The number of aryl methyl sites for hydroxylation is 2. The lowest BCUT2D eigenvalue weighted by atomic mass is 9.97. The molecule has 150 valence electrons. The van der Waals surface area contributed by atoms with Crippen molar-refractivity contribution in [3.63, 3.8) is 0 Å². The Balaban J connectivity index is 1.86. The fourth-order valence-corrected chi connectivity index (χ4v) is 2.98. The van der Waals surface area contributed by atoms with Gasteiger partial charge in [-0.3, -0.25) is 4.90 Å². The molecular formula is C21H27ClN4O2. The van der Waals surface area contributed by atoms with Crippen LogP contribution in [0.3, 0.4) is 0 Å².